The van der Waals surface area contributed by atoms with Crippen molar-refractivity contribution in [3.63, 3.8) is 0 Å². The standard InChI is InChI=1S/C29H33N9O2S/c1-16-12-18(6-7-19(16)17(2)34-25(39)26-36-28(37-40-26)29(3,4)5)23-20-13-21(35-24(20)33-15-32-23)27-31-14-22(41-27)38-10-8-30-9-11-38/h6-7,12-15,17,30H,8-11H2,1-5H3,(H,34,39)(H,32,33,35). The minimum absolute atomic E-state index is 0.0389. The van der Waals surface area contributed by atoms with Gasteiger partial charge in [-0.15, -0.1) is 0 Å². The Morgan fingerprint density at radius 3 is 2.68 bits per heavy atom. The molecule has 12 heteroatoms. The second-order valence-electron chi connectivity index (χ2n) is 11.3. The van der Waals surface area contributed by atoms with E-state index in [1.54, 1.807) is 17.7 Å². The molecule has 1 saturated heterocycles. The molecule has 0 spiro atoms. The van der Waals surface area contributed by atoms with Crippen molar-refractivity contribution in [3.8, 4) is 22.0 Å². The van der Waals surface area contributed by atoms with Gasteiger partial charge in [0.15, 0.2) is 5.82 Å². The number of carbonyl (C=O) groups is 1. The van der Waals surface area contributed by atoms with Crippen molar-refractivity contribution in [3.05, 3.63) is 59.6 Å². The van der Waals surface area contributed by atoms with Gasteiger partial charge in [0.25, 0.3) is 0 Å². The van der Waals surface area contributed by atoms with Crippen LogP contribution in [0.1, 0.15) is 61.4 Å². The van der Waals surface area contributed by atoms with Crippen molar-refractivity contribution in [1.29, 1.82) is 0 Å². The first-order valence-corrected chi connectivity index (χ1v) is 14.5. The molecule has 1 amide bonds. The lowest BCUT2D eigenvalue weighted by Gasteiger charge is -2.27. The third-order valence-corrected chi connectivity index (χ3v) is 8.32. The summed E-state index contributed by atoms with van der Waals surface area (Å²) >= 11 is 1.68. The van der Waals surface area contributed by atoms with E-state index in [0.29, 0.717) is 5.82 Å². The Morgan fingerprint density at radius 2 is 1.95 bits per heavy atom. The fraction of sp³-hybridized carbons (Fsp3) is 0.379. The zero-order valence-electron chi connectivity index (χ0n) is 23.8. The van der Waals surface area contributed by atoms with Gasteiger partial charge in [0.1, 0.15) is 22.0 Å². The van der Waals surface area contributed by atoms with Gasteiger partial charge in [0, 0.05) is 42.5 Å². The Kier molecular flexibility index (Phi) is 7.04. The van der Waals surface area contributed by atoms with Gasteiger partial charge in [-0.2, -0.15) is 4.98 Å². The molecule has 11 nitrogen and oxygen atoms in total. The Balaban J connectivity index is 1.22. The normalized spacial score (nSPS) is 14.9. The van der Waals surface area contributed by atoms with Crippen LogP contribution in [0.5, 0.6) is 0 Å². The minimum Gasteiger partial charge on any atom is -0.360 e. The number of hydrogen-bond donors (Lipinski definition) is 3. The first kappa shape index (κ1) is 27.0. The summed E-state index contributed by atoms with van der Waals surface area (Å²) in [6, 6.07) is 7.94. The number of H-pyrrole nitrogens is 1. The van der Waals surface area contributed by atoms with Crippen LogP contribution in [0.15, 0.2) is 41.3 Å². The van der Waals surface area contributed by atoms with Crippen LogP contribution in [0.2, 0.25) is 0 Å². The topological polar surface area (TPSA) is 138 Å². The maximum absolute atomic E-state index is 12.8. The number of aryl methyl sites for hydroxylation is 1. The number of aromatic amines is 1. The Hall–Kier alpha value is -4.16. The predicted octanol–water partition coefficient (Wildman–Crippen LogP) is 4.64. The number of nitrogens with one attached hydrogen (secondary N) is 3. The Labute approximate surface area is 241 Å². The van der Waals surface area contributed by atoms with Crippen LogP contribution in [0.4, 0.5) is 5.00 Å². The van der Waals surface area contributed by atoms with E-state index in [2.05, 4.69) is 52.8 Å². The number of aromatic nitrogens is 6. The van der Waals surface area contributed by atoms with E-state index < -0.39 is 5.91 Å². The lowest BCUT2D eigenvalue weighted by molar-refractivity contribution is 0.0895. The molecule has 4 aromatic heterocycles. The molecule has 0 radical (unpaired) electrons. The largest absolute Gasteiger partial charge is 0.360 e. The van der Waals surface area contributed by atoms with E-state index in [-0.39, 0.29) is 17.3 Å². The number of benzene rings is 1. The highest BCUT2D eigenvalue weighted by molar-refractivity contribution is 7.18. The van der Waals surface area contributed by atoms with Crippen LogP contribution >= 0.6 is 11.3 Å². The van der Waals surface area contributed by atoms with Gasteiger partial charge < -0.3 is 25.0 Å². The summed E-state index contributed by atoms with van der Waals surface area (Å²) in [7, 11) is 0. The van der Waals surface area contributed by atoms with Crippen molar-refractivity contribution >= 4 is 33.3 Å². The number of amides is 1. The van der Waals surface area contributed by atoms with E-state index in [1.807, 2.05) is 52.9 Å². The molecule has 0 saturated carbocycles. The average Bonchev–Trinajstić information content (AvgIpc) is 3.72. The van der Waals surface area contributed by atoms with Crippen molar-refractivity contribution in [1.82, 2.24) is 40.7 Å². The molecule has 1 unspecified atom stereocenters. The SMILES string of the molecule is Cc1cc(-c2ncnc3[nH]c(-c4ncc(N5CCNCC5)s4)cc23)ccc1C(C)NC(=O)c1nc(C(C)(C)C)no1. The summed E-state index contributed by atoms with van der Waals surface area (Å²) in [5.74, 6) is 0.0568. The summed E-state index contributed by atoms with van der Waals surface area (Å²) in [6.07, 6.45) is 3.53. The highest BCUT2D eigenvalue weighted by atomic mass is 32.1. The van der Waals surface area contributed by atoms with Gasteiger partial charge >= 0.3 is 11.8 Å². The summed E-state index contributed by atoms with van der Waals surface area (Å²) in [5, 5.41) is 13.3. The van der Waals surface area contributed by atoms with E-state index in [1.165, 1.54) is 5.00 Å². The van der Waals surface area contributed by atoms with Gasteiger partial charge in [0.2, 0.25) is 0 Å². The molecular formula is C29H33N9O2S. The van der Waals surface area contributed by atoms with Crippen LogP contribution in [-0.2, 0) is 5.41 Å². The molecular weight excluding hydrogens is 538 g/mol. The number of hydrogen-bond acceptors (Lipinski definition) is 10. The van der Waals surface area contributed by atoms with Crippen LogP contribution in [0.25, 0.3) is 33.0 Å². The number of anilines is 1. The number of rotatable bonds is 6. The van der Waals surface area contributed by atoms with Crippen molar-refractivity contribution < 1.29 is 9.32 Å². The highest BCUT2D eigenvalue weighted by Gasteiger charge is 2.25. The first-order valence-electron chi connectivity index (χ1n) is 13.7. The molecule has 0 aliphatic carbocycles. The summed E-state index contributed by atoms with van der Waals surface area (Å²) < 4.78 is 5.20. The quantitative estimate of drug-likeness (QED) is 0.266. The maximum Gasteiger partial charge on any atom is 0.315 e. The van der Waals surface area contributed by atoms with Gasteiger partial charge in [-0.3, -0.25) is 4.79 Å². The zero-order chi connectivity index (χ0) is 28.7. The van der Waals surface area contributed by atoms with Crippen molar-refractivity contribution in [2.75, 3.05) is 31.1 Å². The monoisotopic (exact) mass is 571 g/mol. The van der Waals surface area contributed by atoms with E-state index in [9.17, 15) is 4.79 Å². The number of nitrogens with zero attached hydrogens (tertiary/aromatic N) is 6. The number of thiazole rings is 1. The Bertz CT molecular complexity index is 1710. The van der Waals surface area contributed by atoms with Crippen LogP contribution in [0.3, 0.4) is 0 Å². The minimum atomic E-state index is -0.399. The fourth-order valence-electron chi connectivity index (χ4n) is 4.97. The smallest absolute Gasteiger partial charge is 0.315 e. The Morgan fingerprint density at radius 1 is 1.15 bits per heavy atom. The third-order valence-electron chi connectivity index (χ3n) is 7.23. The predicted molar refractivity (Wildman–Crippen MR) is 159 cm³/mol. The lowest BCUT2D eigenvalue weighted by atomic mass is 9.96. The van der Waals surface area contributed by atoms with Gasteiger partial charge in [-0.05, 0) is 37.1 Å². The zero-order valence-corrected chi connectivity index (χ0v) is 24.6. The molecule has 0 bridgehead atoms. The molecule has 1 aliphatic rings. The molecule has 6 rings (SSSR count). The molecule has 1 fully saturated rings. The average molecular weight is 572 g/mol. The van der Waals surface area contributed by atoms with Crippen LogP contribution < -0.4 is 15.5 Å². The molecule has 1 atom stereocenters. The molecule has 41 heavy (non-hydrogen) atoms. The van der Waals surface area contributed by atoms with E-state index in [0.717, 1.165) is 70.3 Å². The summed E-state index contributed by atoms with van der Waals surface area (Å²) in [4.78, 5) is 36.6. The maximum atomic E-state index is 12.8. The van der Waals surface area contributed by atoms with E-state index in [4.69, 9.17) is 9.51 Å². The third kappa shape index (κ3) is 5.44. The molecule has 212 valence electrons. The van der Waals surface area contributed by atoms with Gasteiger partial charge in [-0.1, -0.05) is 49.4 Å². The van der Waals surface area contributed by atoms with Crippen molar-refractivity contribution in [2.45, 2.75) is 46.1 Å². The summed E-state index contributed by atoms with van der Waals surface area (Å²) in [5.41, 5.74) is 5.20. The fourth-order valence-corrected chi connectivity index (χ4v) is 5.91. The number of carbonyl (C=O) groups excluding carboxylic acids is 1. The van der Waals surface area contributed by atoms with Crippen LogP contribution in [-0.4, -0.2) is 62.2 Å². The van der Waals surface area contributed by atoms with Crippen LogP contribution in [0, 0.1) is 6.92 Å². The van der Waals surface area contributed by atoms with Gasteiger partial charge in [0.05, 0.1) is 23.6 Å². The summed E-state index contributed by atoms with van der Waals surface area (Å²) in [6.45, 7) is 13.8. The first-order chi connectivity index (χ1) is 19.7. The van der Waals surface area contributed by atoms with Gasteiger partial charge in [-0.25, -0.2) is 15.0 Å². The molecule has 5 aromatic rings. The molecule has 1 aromatic carbocycles. The molecule has 3 N–H and O–H groups in total. The lowest BCUT2D eigenvalue weighted by Crippen LogP contribution is -2.43. The molecule has 5 heterocycles. The second-order valence-corrected chi connectivity index (χ2v) is 12.4. The number of piperazine rings is 1. The number of fused-ring (bicyclic) bond motifs is 1. The second kappa shape index (κ2) is 10.7. The molecule has 1 aliphatic heterocycles. The highest BCUT2D eigenvalue weighted by Crippen LogP contribution is 2.35. The van der Waals surface area contributed by atoms with E-state index >= 15 is 0 Å². The van der Waals surface area contributed by atoms with Crippen molar-refractivity contribution in [2.24, 2.45) is 0 Å².